The van der Waals surface area contributed by atoms with E-state index < -0.39 is 0 Å². The van der Waals surface area contributed by atoms with Crippen LogP contribution in [0, 0.1) is 6.92 Å². The Morgan fingerprint density at radius 1 is 1.56 bits per heavy atom. The molecule has 2 heterocycles. The maximum Gasteiger partial charge on any atom is 0.258 e. The molecular formula is C13H13BrClNO2. The van der Waals surface area contributed by atoms with Crippen LogP contribution in [0.4, 0.5) is 0 Å². The molecule has 1 fully saturated rings. The molecule has 18 heavy (non-hydrogen) atoms. The van der Waals surface area contributed by atoms with E-state index in [1.54, 1.807) is 0 Å². The number of carbonyl (C=O) groups excluding carboxylic acids is 1. The van der Waals surface area contributed by atoms with Crippen molar-refractivity contribution in [3.63, 3.8) is 0 Å². The van der Waals surface area contributed by atoms with Crippen molar-refractivity contribution in [2.24, 2.45) is 0 Å². The van der Waals surface area contributed by atoms with Crippen LogP contribution in [0.15, 0.2) is 10.5 Å². The number of ether oxygens (including phenoxy) is 1. The first-order valence-corrected chi connectivity index (χ1v) is 7.19. The van der Waals surface area contributed by atoms with Crippen molar-refractivity contribution < 1.29 is 9.53 Å². The van der Waals surface area contributed by atoms with Gasteiger partial charge in [-0.05, 0) is 31.4 Å². The number of carbonyl (C=O) groups is 1. The fraction of sp³-hybridized carbons (Fsp3) is 0.462. The number of benzene rings is 1. The van der Waals surface area contributed by atoms with Crippen LogP contribution in [0.5, 0.6) is 5.75 Å². The molecule has 0 saturated carbocycles. The summed E-state index contributed by atoms with van der Waals surface area (Å²) < 4.78 is 6.63. The number of fused-ring (bicyclic) bond motifs is 2. The third kappa shape index (κ3) is 1.74. The highest BCUT2D eigenvalue weighted by atomic mass is 79.9. The van der Waals surface area contributed by atoms with Gasteiger partial charge in [0.1, 0.15) is 6.61 Å². The van der Waals surface area contributed by atoms with Gasteiger partial charge in [0, 0.05) is 11.0 Å². The normalized spacial score (nSPS) is 22.3. The summed E-state index contributed by atoms with van der Waals surface area (Å²) in [5, 5.41) is 0.536. The predicted octanol–water partition coefficient (Wildman–Crippen LogP) is 3.41. The molecule has 2 aliphatic rings. The second kappa shape index (κ2) is 4.42. The zero-order valence-electron chi connectivity index (χ0n) is 10.0. The number of hydrogen-bond acceptors (Lipinski definition) is 2. The molecular weight excluding hydrogens is 318 g/mol. The van der Waals surface area contributed by atoms with Crippen molar-refractivity contribution in [1.82, 2.24) is 4.90 Å². The predicted molar refractivity (Wildman–Crippen MR) is 73.4 cm³/mol. The molecule has 0 radical (unpaired) electrons. The molecule has 1 saturated heterocycles. The van der Waals surface area contributed by atoms with Crippen molar-refractivity contribution in [3.8, 4) is 5.75 Å². The van der Waals surface area contributed by atoms with Gasteiger partial charge >= 0.3 is 0 Å². The summed E-state index contributed by atoms with van der Waals surface area (Å²) in [6.07, 6.45) is 2.06. The summed E-state index contributed by atoms with van der Waals surface area (Å²) >= 11 is 9.73. The monoisotopic (exact) mass is 329 g/mol. The van der Waals surface area contributed by atoms with Gasteiger partial charge in [0.2, 0.25) is 0 Å². The van der Waals surface area contributed by atoms with Gasteiger partial charge in [-0.3, -0.25) is 4.79 Å². The van der Waals surface area contributed by atoms with E-state index >= 15 is 0 Å². The highest BCUT2D eigenvalue weighted by Crippen LogP contribution is 2.40. The lowest BCUT2D eigenvalue weighted by molar-refractivity contribution is 0.0726. The first-order chi connectivity index (χ1) is 8.59. The molecule has 1 atom stereocenters. The Morgan fingerprint density at radius 3 is 3.11 bits per heavy atom. The minimum absolute atomic E-state index is 0.0348. The van der Waals surface area contributed by atoms with Crippen molar-refractivity contribution in [2.45, 2.75) is 25.8 Å². The summed E-state index contributed by atoms with van der Waals surface area (Å²) in [5.74, 6) is 0.573. The SMILES string of the molecule is Cc1c(Br)cc2c(c1Cl)OC[C@@H]1CCCN1C2=O. The molecule has 96 valence electrons. The minimum atomic E-state index is 0.0348. The van der Waals surface area contributed by atoms with Crippen LogP contribution in [-0.4, -0.2) is 30.0 Å². The molecule has 0 aliphatic carbocycles. The van der Waals surface area contributed by atoms with E-state index in [4.69, 9.17) is 16.3 Å². The number of hydrogen-bond donors (Lipinski definition) is 0. The van der Waals surface area contributed by atoms with Crippen LogP contribution in [0.2, 0.25) is 5.02 Å². The lowest BCUT2D eigenvalue weighted by Crippen LogP contribution is -2.36. The first kappa shape index (κ1) is 12.3. The fourth-order valence-corrected chi connectivity index (χ4v) is 3.40. The molecule has 0 aromatic heterocycles. The van der Waals surface area contributed by atoms with Gasteiger partial charge < -0.3 is 9.64 Å². The average Bonchev–Trinajstić information content (AvgIpc) is 2.77. The molecule has 0 unspecified atom stereocenters. The highest BCUT2D eigenvalue weighted by molar-refractivity contribution is 9.10. The van der Waals surface area contributed by atoms with Gasteiger partial charge in [-0.1, -0.05) is 27.5 Å². The van der Waals surface area contributed by atoms with E-state index in [0.29, 0.717) is 22.9 Å². The summed E-state index contributed by atoms with van der Waals surface area (Å²) in [6, 6.07) is 2.01. The van der Waals surface area contributed by atoms with Gasteiger partial charge in [0.25, 0.3) is 5.91 Å². The summed E-state index contributed by atoms with van der Waals surface area (Å²) in [6.45, 7) is 3.27. The molecule has 5 heteroatoms. The van der Waals surface area contributed by atoms with Crippen molar-refractivity contribution in [1.29, 1.82) is 0 Å². The minimum Gasteiger partial charge on any atom is -0.489 e. The Balaban J connectivity index is 2.14. The van der Waals surface area contributed by atoms with Crippen LogP contribution >= 0.6 is 27.5 Å². The van der Waals surface area contributed by atoms with Crippen LogP contribution in [-0.2, 0) is 0 Å². The molecule has 2 aliphatic heterocycles. The largest absolute Gasteiger partial charge is 0.489 e. The third-order valence-corrected chi connectivity index (χ3v) is 4.97. The molecule has 1 amide bonds. The number of amides is 1. The Labute approximate surface area is 119 Å². The molecule has 0 spiro atoms. The lowest BCUT2D eigenvalue weighted by atomic mass is 10.1. The van der Waals surface area contributed by atoms with Crippen molar-refractivity contribution in [2.75, 3.05) is 13.2 Å². The van der Waals surface area contributed by atoms with Crippen LogP contribution in [0.25, 0.3) is 0 Å². The van der Waals surface area contributed by atoms with Crippen LogP contribution in [0.3, 0.4) is 0 Å². The summed E-state index contributed by atoms with van der Waals surface area (Å²) in [7, 11) is 0. The quantitative estimate of drug-likeness (QED) is 0.729. The Hall–Kier alpha value is -0.740. The molecule has 0 N–H and O–H groups in total. The van der Waals surface area contributed by atoms with E-state index in [1.807, 2.05) is 17.9 Å². The van der Waals surface area contributed by atoms with E-state index in [1.165, 1.54) is 0 Å². The number of rotatable bonds is 0. The molecule has 3 nitrogen and oxygen atoms in total. The Kier molecular flexibility index (Phi) is 3.02. The smallest absolute Gasteiger partial charge is 0.258 e. The van der Waals surface area contributed by atoms with Gasteiger partial charge in [0.05, 0.1) is 16.6 Å². The molecule has 3 rings (SSSR count). The van der Waals surface area contributed by atoms with Crippen LogP contribution < -0.4 is 4.74 Å². The van der Waals surface area contributed by atoms with E-state index in [-0.39, 0.29) is 11.9 Å². The Bertz CT molecular complexity index is 532. The molecule has 1 aromatic rings. The van der Waals surface area contributed by atoms with Gasteiger partial charge in [-0.2, -0.15) is 0 Å². The van der Waals surface area contributed by atoms with E-state index in [9.17, 15) is 4.79 Å². The average molecular weight is 331 g/mol. The van der Waals surface area contributed by atoms with Crippen molar-refractivity contribution >= 4 is 33.4 Å². The topological polar surface area (TPSA) is 29.5 Å². The maximum absolute atomic E-state index is 12.5. The molecule has 0 bridgehead atoms. The van der Waals surface area contributed by atoms with Crippen LogP contribution in [0.1, 0.15) is 28.8 Å². The highest BCUT2D eigenvalue weighted by Gasteiger charge is 2.35. The van der Waals surface area contributed by atoms with Gasteiger partial charge in [-0.15, -0.1) is 0 Å². The number of halogens is 2. The lowest BCUT2D eigenvalue weighted by Gasteiger charge is -2.20. The maximum atomic E-state index is 12.5. The van der Waals surface area contributed by atoms with Gasteiger partial charge in [-0.25, -0.2) is 0 Å². The second-order valence-electron chi connectivity index (χ2n) is 4.78. The zero-order chi connectivity index (χ0) is 12.9. The fourth-order valence-electron chi connectivity index (χ4n) is 2.60. The third-order valence-electron chi connectivity index (χ3n) is 3.69. The summed E-state index contributed by atoms with van der Waals surface area (Å²) in [5.41, 5.74) is 1.48. The van der Waals surface area contributed by atoms with E-state index in [2.05, 4.69) is 15.9 Å². The Morgan fingerprint density at radius 2 is 2.33 bits per heavy atom. The zero-order valence-corrected chi connectivity index (χ0v) is 12.3. The first-order valence-electron chi connectivity index (χ1n) is 6.02. The standard InChI is InChI=1S/C13H13BrClNO2/c1-7-10(14)5-9-12(11(7)15)18-6-8-3-2-4-16(8)13(9)17/h5,8H,2-4,6H2,1H3/t8-/m0/s1. The second-order valence-corrected chi connectivity index (χ2v) is 6.01. The van der Waals surface area contributed by atoms with Gasteiger partial charge in [0.15, 0.2) is 5.75 Å². The number of nitrogens with zero attached hydrogens (tertiary/aromatic N) is 1. The molecule has 1 aromatic carbocycles. The van der Waals surface area contributed by atoms with Crippen molar-refractivity contribution in [3.05, 3.63) is 26.7 Å². The van der Waals surface area contributed by atoms with E-state index in [0.717, 1.165) is 29.4 Å². The summed E-state index contributed by atoms with van der Waals surface area (Å²) in [4.78, 5) is 14.4.